The van der Waals surface area contributed by atoms with Crippen LogP contribution >= 0.6 is 18.9 Å². The number of carbonyl (C=O) groups excluding carboxylic acids is 1. The number of carbonyl (C=O) groups is 1. The van der Waals surface area contributed by atoms with Crippen LogP contribution in [-0.2, 0) is 28.4 Å². The predicted molar refractivity (Wildman–Crippen MR) is 100 cm³/mol. The van der Waals surface area contributed by atoms with Crippen molar-refractivity contribution in [1.29, 1.82) is 0 Å². The Morgan fingerprint density at radius 3 is 2.38 bits per heavy atom. The van der Waals surface area contributed by atoms with Crippen molar-refractivity contribution < 1.29 is 23.1 Å². The third-order valence-electron chi connectivity index (χ3n) is 4.87. The zero-order chi connectivity index (χ0) is 18.8. The monoisotopic (exact) mass is 395 g/mol. The summed E-state index contributed by atoms with van der Waals surface area (Å²) in [7, 11) is 0.468. The first-order chi connectivity index (χ1) is 12.5. The summed E-state index contributed by atoms with van der Waals surface area (Å²) in [4.78, 5) is 13.5. The maximum atomic E-state index is 13.6. The number of ether oxygens (including phenoxy) is 1. The van der Waals surface area contributed by atoms with Crippen LogP contribution in [0.3, 0.4) is 0 Å². The molecule has 2 aromatic rings. The fourth-order valence-electron chi connectivity index (χ4n) is 3.61. The van der Waals surface area contributed by atoms with Crippen LogP contribution in [0.4, 0.5) is 0 Å². The molecule has 1 aromatic carbocycles. The molecule has 3 atom stereocenters. The molecule has 0 bridgehead atoms. The van der Waals surface area contributed by atoms with Crippen LogP contribution in [0.2, 0.25) is 0 Å². The van der Waals surface area contributed by atoms with Crippen LogP contribution in [0.1, 0.15) is 22.9 Å². The average molecular weight is 395 g/mol. The molecule has 2 heterocycles. The van der Waals surface area contributed by atoms with Crippen molar-refractivity contribution >= 4 is 24.9 Å². The summed E-state index contributed by atoms with van der Waals surface area (Å²) in [6.07, 6.45) is 0.241. The second-order valence-corrected chi connectivity index (χ2v) is 9.53. The van der Waals surface area contributed by atoms with Crippen LogP contribution in [0.5, 0.6) is 0 Å². The Bertz CT molecular complexity index is 789. The largest absolute Gasteiger partial charge is 0.469 e. The smallest absolute Gasteiger partial charge is 0.354 e. The van der Waals surface area contributed by atoms with Crippen LogP contribution in [0, 0.1) is 5.92 Å². The summed E-state index contributed by atoms with van der Waals surface area (Å²) in [6.45, 7) is 0. The van der Waals surface area contributed by atoms with E-state index < -0.39 is 18.8 Å². The van der Waals surface area contributed by atoms with E-state index in [1.54, 1.807) is 0 Å². The number of nitrogens with one attached hydrogen (secondary N) is 1. The van der Waals surface area contributed by atoms with Gasteiger partial charge in [-0.05, 0) is 23.4 Å². The molecule has 1 aliphatic rings. The molecular formula is C18H22NO5PS. The second kappa shape index (κ2) is 7.62. The first-order valence-electron chi connectivity index (χ1n) is 8.17. The van der Waals surface area contributed by atoms with E-state index in [4.69, 9.17) is 13.8 Å². The Balaban J connectivity index is 2.16. The van der Waals surface area contributed by atoms with Crippen molar-refractivity contribution in [3.05, 3.63) is 58.3 Å². The van der Waals surface area contributed by atoms with Gasteiger partial charge in [0.15, 0.2) is 0 Å². The van der Waals surface area contributed by atoms with E-state index in [0.717, 1.165) is 10.4 Å². The minimum Gasteiger partial charge on any atom is -0.469 e. The Labute approximate surface area is 157 Å². The highest BCUT2D eigenvalue weighted by Crippen LogP contribution is 2.68. The first kappa shape index (κ1) is 19.3. The highest BCUT2D eigenvalue weighted by molar-refractivity contribution is 7.55. The summed E-state index contributed by atoms with van der Waals surface area (Å²) in [5.41, 5.74) is 0.750. The van der Waals surface area contributed by atoms with Gasteiger partial charge in [0.25, 0.3) is 0 Å². The van der Waals surface area contributed by atoms with Gasteiger partial charge in [0.1, 0.15) is 5.28 Å². The molecular weight excluding hydrogens is 373 g/mol. The molecule has 0 aliphatic carbocycles. The van der Waals surface area contributed by atoms with E-state index in [9.17, 15) is 9.36 Å². The second-order valence-electron chi connectivity index (χ2n) is 6.06. The zero-order valence-corrected chi connectivity index (χ0v) is 16.6. The molecule has 0 saturated carbocycles. The van der Waals surface area contributed by atoms with Crippen molar-refractivity contribution in [1.82, 2.24) is 5.32 Å². The van der Waals surface area contributed by atoms with Crippen LogP contribution in [0.15, 0.2) is 47.8 Å². The SMILES string of the molecule is COC(=O)[C@@H]1C[C@](c2ccccc2)(P(=O)(OC)OC)N[C@@H]1c1cccs1. The van der Waals surface area contributed by atoms with Gasteiger partial charge < -0.3 is 13.8 Å². The minimum absolute atomic E-state index is 0.241. The van der Waals surface area contributed by atoms with E-state index in [1.807, 2.05) is 47.8 Å². The molecule has 1 saturated heterocycles. The molecule has 1 N–H and O–H groups in total. The summed E-state index contributed by atoms with van der Waals surface area (Å²) >= 11 is 1.53. The maximum Gasteiger partial charge on any atom is 0.354 e. The Hall–Kier alpha value is -1.50. The van der Waals surface area contributed by atoms with Crippen LogP contribution in [-0.4, -0.2) is 27.3 Å². The van der Waals surface area contributed by atoms with Crippen LogP contribution in [0.25, 0.3) is 0 Å². The summed E-state index contributed by atoms with van der Waals surface area (Å²) in [6, 6.07) is 12.9. The Morgan fingerprint density at radius 2 is 1.85 bits per heavy atom. The van der Waals surface area contributed by atoms with Gasteiger partial charge in [0, 0.05) is 19.1 Å². The van der Waals surface area contributed by atoms with Crippen LogP contribution < -0.4 is 5.32 Å². The summed E-state index contributed by atoms with van der Waals surface area (Å²) < 4.78 is 29.4. The number of benzene rings is 1. The lowest BCUT2D eigenvalue weighted by Crippen LogP contribution is -2.38. The van der Waals surface area contributed by atoms with Gasteiger partial charge in [0.05, 0.1) is 19.1 Å². The van der Waals surface area contributed by atoms with Gasteiger partial charge in [-0.25, -0.2) is 0 Å². The molecule has 1 fully saturated rings. The molecule has 3 rings (SSSR count). The predicted octanol–water partition coefficient (Wildman–Crippen LogP) is 3.91. The molecule has 8 heteroatoms. The molecule has 0 unspecified atom stereocenters. The Morgan fingerprint density at radius 1 is 1.15 bits per heavy atom. The number of hydrogen-bond acceptors (Lipinski definition) is 7. The van der Waals surface area contributed by atoms with E-state index in [2.05, 4.69) is 5.32 Å². The third kappa shape index (κ3) is 3.04. The molecule has 1 aromatic heterocycles. The molecule has 6 nitrogen and oxygen atoms in total. The number of rotatable bonds is 6. The van der Waals surface area contributed by atoms with Crippen molar-refractivity contribution in [2.45, 2.75) is 17.7 Å². The van der Waals surface area contributed by atoms with Gasteiger partial charge in [-0.1, -0.05) is 36.4 Å². The molecule has 0 spiro atoms. The molecule has 0 amide bonds. The topological polar surface area (TPSA) is 73.9 Å². The lowest BCUT2D eigenvalue weighted by molar-refractivity contribution is -0.145. The van der Waals surface area contributed by atoms with E-state index >= 15 is 0 Å². The lowest BCUT2D eigenvalue weighted by Gasteiger charge is -2.35. The number of hydrogen-bond donors (Lipinski definition) is 1. The van der Waals surface area contributed by atoms with Gasteiger partial charge in [0.2, 0.25) is 0 Å². The normalized spacial score (nSPS) is 26.0. The third-order valence-corrected chi connectivity index (χ3v) is 8.29. The quantitative estimate of drug-likeness (QED) is 0.591. The number of thiophene rings is 1. The average Bonchev–Trinajstić information content (AvgIpc) is 3.36. The number of methoxy groups -OCH3 is 1. The molecule has 0 radical (unpaired) electrons. The zero-order valence-electron chi connectivity index (χ0n) is 14.9. The van der Waals surface area contributed by atoms with E-state index in [-0.39, 0.29) is 18.4 Å². The fourth-order valence-corrected chi connectivity index (χ4v) is 6.41. The van der Waals surface area contributed by atoms with E-state index in [1.165, 1.54) is 32.7 Å². The van der Waals surface area contributed by atoms with Gasteiger partial charge in [-0.3, -0.25) is 14.7 Å². The van der Waals surface area contributed by atoms with Crippen molar-refractivity contribution in [3.63, 3.8) is 0 Å². The van der Waals surface area contributed by atoms with Crippen molar-refractivity contribution in [2.24, 2.45) is 5.92 Å². The maximum absolute atomic E-state index is 13.6. The first-order valence-corrected chi connectivity index (χ1v) is 10.6. The molecule has 140 valence electrons. The standard InChI is InChI=1S/C18H22NO5PS/c1-22-17(20)14-12-18(25(21,23-2)24-3,13-8-5-4-6-9-13)19-16(14)15-10-7-11-26-15/h4-11,14,16,19H,12H2,1-3H3/t14-,16+,18-/m1/s1. The molecule has 26 heavy (non-hydrogen) atoms. The van der Waals surface area contributed by atoms with Crippen molar-refractivity contribution in [3.8, 4) is 0 Å². The summed E-state index contributed by atoms with van der Waals surface area (Å²) in [5, 5.41) is 4.22. The van der Waals surface area contributed by atoms with Gasteiger partial charge in [-0.2, -0.15) is 0 Å². The number of esters is 1. The minimum atomic E-state index is -3.62. The lowest BCUT2D eigenvalue weighted by atomic mass is 9.95. The Kier molecular flexibility index (Phi) is 5.65. The highest BCUT2D eigenvalue weighted by Gasteiger charge is 2.60. The van der Waals surface area contributed by atoms with Crippen molar-refractivity contribution in [2.75, 3.05) is 21.3 Å². The fraction of sp³-hybridized carbons (Fsp3) is 0.389. The molecule has 1 aliphatic heterocycles. The highest BCUT2D eigenvalue weighted by atomic mass is 32.1. The van der Waals surface area contributed by atoms with E-state index in [0.29, 0.717) is 0 Å². The summed E-state index contributed by atoms with van der Waals surface area (Å²) in [5.74, 6) is -0.870. The van der Waals surface area contributed by atoms with Gasteiger partial charge in [-0.15, -0.1) is 11.3 Å². The van der Waals surface area contributed by atoms with Gasteiger partial charge >= 0.3 is 13.6 Å².